The van der Waals surface area contributed by atoms with Crippen LogP contribution in [0.2, 0.25) is 0 Å². The van der Waals surface area contributed by atoms with E-state index in [4.69, 9.17) is 0 Å². The Morgan fingerprint density at radius 2 is 1.76 bits per heavy atom. The van der Waals surface area contributed by atoms with E-state index in [2.05, 4.69) is 15.6 Å². The van der Waals surface area contributed by atoms with Gasteiger partial charge in [-0.05, 0) is 37.3 Å². The third kappa shape index (κ3) is 4.65. The predicted octanol–water partition coefficient (Wildman–Crippen LogP) is 3.84. The van der Waals surface area contributed by atoms with Crippen molar-refractivity contribution in [2.75, 3.05) is 17.2 Å². The van der Waals surface area contributed by atoms with Crippen molar-refractivity contribution in [1.82, 2.24) is 9.88 Å². The number of imide groups is 1. The number of amides is 4. The summed E-state index contributed by atoms with van der Waals surface area (Å²) in [5, 5.41) is 6.97. The number of nitrogens with one attached hydrogen (secondary N) is 2. The summed E-state index contributed by atoms with van der Waals surface area (Å²) in [6.07, 6.45) is -0.0981. The molecule has 0 atom stereocenters. The molecule has 2 aromatic carbocycles. The standard InChI is InChI=1S/C23H19FN4O4S/c1-12-3-5-15-17(9-12)22(32)28(21(15)31)8-7-20(30)27-23-26-19(11-33-23)16-6-4-14(10-18(16)24)25-13(2)29/h3-6,9-11H,7-8H2,1-2H3,(H,25,29)(H,26,27,30). The summed E-state index contributed by atoms with van der Waals surface area (Å²) in [7, 11) is 0. The van der Waals surface area contributed by atoms with Crippen LogP contribution in [0.4, 0.5) is 15.2 Å². The fraction of sp³-hybridized carbons (Fsp3) is 0.174. The first-order valence-corrected chi connectivity index (χ1v) is 10.9. The van der Waals surface area contributed by atoms with Gasteiger partial charge in [-0.2, -0.15) is 0 Å². The zero-order valence-electron chi connectivity index (χ0n) is 17.8. The fourth-order valence-electron chi connectivity index (χ4n) is 3.46. The molecule has 1 aliphatic heterocycles. The van der Waals surface area contributed by atoms with E-state index in [1.165, 1.54) is 19.1 Å². The van der Waals surface area contributed by atoms with Crippen molar-refractivity contribution in [3.8, 4) is 11.3 Å². The molecule has 4 rings (SSSR count). The van der Waals surface area contributed by atoms with Crippen molar-refractivity contribution in [1.29, 1.82) is 0 Å². The van der Waals surface area contributed by atoms with Crippen LogP contribution in [0.1, 0.15) is 39.6 Å². The van der Waals surface area contributed by atoms with Gasteiger partial charge in [0.05, 0.1) is 16.8 Å². The number of hydrogen-bond donors (Lipinski definition) is 2. The minimum atomic E-state index is -0.565. The highest BCUT2D eigenvalue weighted by molar-refractivity contribution is 7.14. The molecule has 10 heteroatoms. The van der Waals surface area contributed by atoms with Crippen LogP contribution in [0.5, 0.6) is 0 Å². The van der Waals surface area contributed by atoms with Gasteiger partial charge in [-0.1, -0.05) is 11.6 Å². The molecule has 0 bridgehead atoms. The Morgan fingerprint density at radius 3 is 2.48 bits per heavy atom. The van der Waals surface area contributed by atoms with E-state index in [0.717, 1.165) is 21.8 Å². The van der Waals surface area contributed by atoms with E-state index < -0.39 is 23.5 Å². The minimum Gasteiger partial charge on any atom is -0.326 e. The van der Waals surface area contributed by atoms with Gasteiger partial charge in [0.25, 0.3) is 11.8 Å². The number of aromatic nitrogens is 1. The molecule has 0 radical (unpaired) electrons. The third-order valence-electron chi connectivity index (χ3n) is 5.00. The predicted molar refractivity (Wildman–Crippen MR) is 122 cm³/mol. The first-order chi connectivity index (χ1) is 15.7. The first kappa shape index (κ1) is 22.3. The van der Waals surface area contributed by atoms with E-state index in [1.54, 1.807) is 29.6 Å². The van der Waals surface area contributed by atoms with Crippen molar-refractivity contribution < 1.29 is 23.6 Å². The highest BCUT2D eigenvalue weighted by Gasteiger charge is 2.35. The van der Waals surface area contributed by atoms with Crippen molar-refractivity contribution in [3.05, 3.63) is 64.3 Å². The molecule has 0 spiro atoms. The number of aryl methyl sites for hydroxylation is 1. The van der Waals surface area contributed by atoms with Crippen LogP contribution in [-0.4, -0.2) is 40.1 Å². The van der Waals surface area contributed by atoms with Crippen LogP contribution >= 0.6 is 11.3 Å². The van der Waals surface area contributed by atoms with Crippen LogP contribution in [0.25, 0.3) is 11.3 Å². The molecule has 0 fully saturated rings. The molecule has 2 N–H and O–H groups in total. The Balaban J connectivity index is 1.37. The number of anilines is 2. The fourth-order valence-corrected chi connectivity index (χ4v) is 4.19. The molecule has 8 nitrogen and oxygen atoms in total. The number of benzene rings is 2. The van der Waals surface area contributed by atoms with Gasteiger partial charge >= 0.3 is 0 Å². The van der Waals surface area contributed by atoms with Crippen LogP contribution in [0.3, 0.4) is 0 Å². The Bertz CT molecular complexity index is 1300. The molecule has 4 amide bonds. The summed E-state index contributed by atoms with van der Waals surface area (Å²) in [5.41, 5.74) is 2.43. The van der Waals surface area contributed by atoms with Gasteiger partial charge in [-0.3, -0.25) is 24.1 Å². The number of fused-ring (bicyclic) bond motifs is 1. The molecule has 0 aliphatic carbocycles. The molecule has 168 valence electrons. The molecule has 0 unspecified atom stereocenters. The van der Waals surface area contributed by atoms with Crippen molar-refractivity contribution in [2.45, 2.75) is 20.3 Å². The lowest BCUT2D eigenvalue weighted by atomic mass is 10.1. The number of thiazole rings is 1. The lowest BCUT2D eigenvalue weighted by Gasteiger charge is -2.12. The van der Waals surface area contributed by atoms with E-state index in [1.807, 2.05) is 6.92 Å². The summed E-state index contributed by atoms with van der Waals surface area (Å²) in [6.45, 7) is 3.10. The van der Waals surface area contributed by atoms with Gasteiger partial charge in [0.15, 0.2) is 5.13 Å². The van der Waals surface area contributed by atoms with Gasteiger partial charge in [0.1, 0.15) is 5.82 Å². The normalized spacial score (nSPS) is 12.6. The molecule has 1 aliphatic rings. The van der Waals surface area contributed by atoms with Crippen LogP contribution in [0.15, 0.2) is 41.8 Å². The molecule has 2 heterocycles. The Kier molecular flexibility index (Phi) is 6.01. The van der Waals surface area contributed by atoms with Crippen LogP contribution < -0.4 is 10.6 Å². The topological polar surface area (TPSA) is 108 Å². The van der Waals surface area contributed by atoms with Gasteiger partial charge in [0, 0.05) is 36.5 Å². The highest BCUT2D eigenvalue weighted by Crippen LogP contribution is 2.29. The molecular weight excluding hydrogens is 447 g/mol. The first-order valence-electron chi connectivity index (χ1n) is 10.0. The summed E-state index contributed by atoms with van der Waals surface area (Å²) in [5.74, 6) is -2.13. The zero-order valence-corrected chi connectivity index (χ0v) is 18.6. The second kappa shape index (κ2) is 8.91. The largest absolute Gasteiger partial charge is 0.326 e. The maximum absolute atomic E-state index is 14.4. The summed E-state index contributed by atoms with van der Waals surface area (Å²) < 4.78 is 14.4. The number of rotatable bonds is 6. The summed E-state index contributed by atoms with van der Waals surface area (Å²) in [6, 6.07) is 9.28. The average molecular weight is 466 g/mol. The third-order valence-corrected chi connectivity index (χ3v) is 5.76. The van der Waals surface area contributed by atoms with E-state index in [-0.39, 0.29) is 29.6 Å². The van der Waals surface area contributed by atoms with Gasteiger partial charge in [-0.15, -0.1) is 11.3 Å². The smallest absolute Gasteiger partial charge is 0.261 e. The number of nitrogens with zero attached hydrogens (tertiary/aromatic N) is 2. The second-order valence-electron chi connectivity index (χ2n) is 7.52. The average Bonchev–Trinajstić information content (AvgIpc) is 3.29. The van der Waals surface area contributed by atoms with Gasteiger partial charge in [0.2, 0.25) is 11.8 Å². The quantitative estimate of drug-likeness (QED) is 0.537. The molecule has 1 aromatic heterocycles. The minimum absolute atomic E-state index is 0.0608. The van der Waals surface area contributed by atoms with Crippen LogP contribution in [-0.2, 0) is 9.59 Å². The Labute approximate surface area is 192 Å². The zero-order chi connectivity index (χ0) is 23.7. The summed E-state index contributed by atoms with van der Waals surface area (Å²) >= 11 is 1.12. The molecular formula is C23H19FN4O4S. The molecule has 3 aromatic rings. The number of halogens is 1. The van der Waals surface area contributed by atoms with Crippen molar-refractivity contribution in [3.63, 3.8) is 0 Å². The van der Waals surface area contributed by atoms with E-state index >= 15 is 0 Å². The second-order valence-corrected chi connectivity index (χ2v) is 8.38. The monoisotopic (exact) mass is 466 g/mol. The number of hydrogen-bond acceptors (Lipinski definition) is 6. The molecule has 33 heavy (non-hydrogen) atoms. The number of carbonyl (C=O) groups is 4. The van der Waals surface area contributed by atoms with E-state index in [9.17, 15) is 23.6 Å². The maximum Gasteiger partial charge on any atom is 0.261 e. The van der Waals surface area contributed by atoms with E-state index in [0.29, 0.717) is 22.5 Å². The van der Waals surface area contributed by atoms with Crippen molar-refractivity contribution >= 4 is 45.8 Å². The van der Waals surface area contributed by atoms with Gasteiger partial charge in [-0.25, -0.2) is 9.37 Å². The van der Waals surface area contributed by atoms with Crippen LogP contribution in [0, 0.1) is 12.7 Å². The lowest BCUT2D eigenvalue weighted by molar-refractivity contribution is -0.116. The number of carbonyl (C=O) groups excluding carboxylic acids is 4. The molecule has 0 saturated heterocycles. The highest BCUT2D eigenvalue weighted by atomic mass is 32.1. The molecule has 0 saturated carbocycles. The maximum atomic E-state index is 14.4. The summed E-state index contributed by atoms with van der Waals surface area (Å²) in [4.78, 5) is 53.7. The SMILES string of the molecule is CC(=O)Nc1ccc(-c2csc(NC(=O)CCN3C(=O)c4ccc(C)cc4C3=O)n2)c(F)c1. The van der Waals surface area contributed by atoms with Gasteiger partial charge < -0.3 is 10.6 Å². The lowest BCUT2D eigenvalue weighted by Crippen LogP contribution is -2.32. The van der Waals surface area contributed by atoms with Crippen molar-refractivity contribution in [2.24, 2.45) is 0 Å². The Hall–Kier alpha value is -3.92. The Morgan fingerprint density at radius 1 is 1.03 bits per heavy atom.